The number of rotatable bonds is 2. The highest BCUT2D eigenvalue weighted by molar-refractivity contribution is 5.97. The fourth-order valence-electron chi connectivity index (χ4n) is 1.27. The zero-order valence-corrected chi connectivity index (χ0v) is 9.24. The molecule has 3 N–H and O–H groups in total. The van der Waals surface area contributed by atoms with Crippen molar-refractivity contribution in [1.82, 2.24) is 0 Å². The minimum atomic E-state index is -0.906. The number of hydrogen-bond donors (Lipinski definition) is 2. The summed E-state index contributed by atoms with van der Waals surface area (Å²) in [5, 5.41) is 2.71. The maximum atomic E-state index is 11.6. The molecule has 0 unspecified atom stereocenters. The minimum absolute atomic E-state index is 0.217. The van der Waals surface area contributed by atoms with Crippen LogP contribution in [0.5, 0.6) is 11.5 Å². The zero-order valence-electron chi connectivity index (χ0n) is 9.24. The van der Waals surface area contributed by atoms with E-state index in [0.717, 1.165) is 0 Å². The third kappa shape index (κ3) is 2.09. The molecule has 86 valence electrons. The Kier molecular flexibility index (Phi) is 2.47. The van der Waals surface area contributed by atoms with Crippen LogP contribution in [0.4, 0.5) is 5.69 Å². The Labute approximate surface area is 93.5 Å². The van der Waals surface area contributed by atoms with Crippen LogP contribution >= 0.6 is 0 Å². The molecule has 1 aromatic carbocycles. The molecule has 2 rings (SSSR count). The van der Waals surface area contributed by atoms with Gasteiger partial charge >= 0.3 is 0 Å². The number of nitrogens with two attached hydrogens (primary N) is 1. The fraction of sp³-hybridized carbons (Fsp3) is 0.364. The van der Waals surface area contributed by atoms with Crippen LogP contribution in [0.25, 0.3) is 0 Å². The number of carbonyl (C=O) groups excluding carboxylic acids is 1. The average Bonchev–Trinajstić information content (AvgIpc) is 2.63. The Hall–Kier alpha value is -1.75. The van der Waals surface area contributed by atoms with Gasteiger partial charge in [-0.3, -0.25) is 4.79 Å². The molecule has 0 spiro atoms. The number of anilines is 1. The zero-order chi connectivity index (χ0) is 11.8. The van der Waals surface area contributed by atoms with Crippen LogP contribution in [0.2, 0.25) is 0 Å². The van der Waals surface area contributed by atoms with Crippen LogP contribution in [-0.2, 0) is 4.79 Å². The Morgan fingerprint density at radius 1 is 1.38 bits per heavy atom. The van der Waals surface area contributed by atoms with Gasteiger partial charge in [-0.2, -0.15) is 0 Å². The third-order valence-electron chi connectivity index (χ3n) is 2.22. The molecule has 0 atom stereocenters. The highest BCUT2D eigenvalue weighted by Gasteiger charge is 2.22. The summed E-state index contributed by atoms with van der Waals surface area (Å²) in [6.45, 7) is 3.51. The summed E-state index contributed by atoms with van der Waals surface area (Å²) in [4.78, 5) is 11.6. The van der Waals surface area contributed by atoms with Crippen molar-refractivity contribution in [3.63, 3.8) is 0 Å². The van der Waals surface area contributed by atoms with E-state index in [9.17, 15) is 4.79 Å². The molecule has 5 heteroatoms. The number of hydrogen-bond acceptors (Lipinski definition) is 4. The molecule has 16 heavy (non-hydrogen) atoms. The van der Waals surface area contributed by atoms with E-state index in [4.69, 9.17) is 15.2 Å². The Bertz CT molecular complexity index is 424. The van der Waals surface area contributed by atoms with Crippen LogP contribution < -0.4 is 20.5 Å². The summed E-state index contributed by atoms with van der Waals surface area (Å²) in [5.41, 5.74) is 5.41. The highest BCUT2D eigenvalue weighted by atomic mass is 16.7. The second kappa shape index (κ2) is 3.68. The molecule has 1 heterocycles. The van der Waals surface area contributed by atoms with Gasteiger partial charge in [0.2, 0.25) is 12.7 Å². The second-order valence-corrected chi connectivity index (χ2v) is 4.24. The topological polar surface area (TPSA) is 73.6 Å². The van der Waals surface area contributed by atoms with E-state index >= 15 is 0 Å². The van der Waals surface area contributed by atoms with Gasteiger partial charge < -0.3 is 20.5 Å². The van der Waals surface area contributed by atoms with Crippen molar-refractivity contribution in [2.45, 2.75) is 19.4 Å². The van der Waals surface area contributed by atoms with Gasteiger partial charge in [-0.05, 0) is 26.0 Å². The van der Waals surface area contributed by atoms with E-state index in [1.54, 1.807) is 32.0 Å². The first-order chi connectivity index (χ1) is 7.47. The van der Waals surface area contributed by atoms with Crippen molar-refractivity contribution in [2.24, 2.45) is 5.73 Å². The summed E-state index contributed by atoms with van der Waals surface area (Å²) in [6.07, 6.45) is 0. The molecule has 1 aromatic rings. The van der Waals surface area contributed by atoms with E-state index in [1.165, 1.54) is 0 Å². The summed E-state index contributed by atoms with van der Waals surface area (Å²) >= 11 is 0. The first kappa shape index (κ1) is 10.8. The van der Waals surface area contributed by atoms with Gasteiger partial charge in [-0.1, -0.05) is 0 Å². The third-order valence-corrected chi connectivity index (χ3v) is 2.22. The van der Waals surface area contributed by atoms with Crippen molar-refractivity contribution in [1.29, 1.82) is 0 Å². The standard InChI is InChI=1S/C11H14N2O3/c1-11(2,12)10(14)13-7-3-4-8-9(5-7)16-6-15-8/h3-5H,6,12H2,1-2H3,(H,13,14). The summed E-state index contributed by atoms with van der Waals surface area (Å²) in [7, 11) is 0. The van der Waals surface area contributed by atoms with Crippen molar-refractivity contribution in [3.05, 3.63) is 18.2 Å². The van der Waals surface area contributed by atoms with Gasteiger partial charge in [0.15, 0.2) is 11.5 Å². The number of amides is 1. The Balaban J connectivity index is 2.14. The average molecular weight is 222 g/mol. The quantitative estimate of drug-likeness (QED) is 0.785. The van der Waals surface area contributed by atoms with Crippen LogP contribution in [-0.4, -0.2) is 18.2 Å². The SMILES string of the molecule is CC(C)(N)C(=O)Nc1ccc2c(c1)OCO2. The molecule has 0 saturated carbocycles. The lowest BCUT2D eigenvalue weighted by Crippen LogP contribution is -2.45. The second-order valence-electron chi connectivity index (χ2n) is 4.24. The van der Waals surface area contributed by atoms with Gasteiger partial charge in [0.05, 0.1) is 5.54 Å². The lowest BCUT2D eigenvalue weighted by molar-refractivity contribution is -0.120. The van der Waals surface area contributed by atoms with Gasteiger partial charge in [-0.15, -0.1) is 0 Å². The van der Waals surface area contributed by atoms with Crippen molar-refractivity contribution >= 4 is 11.6 Å². The summed E-state index contributed by atoms with van der Waals surface area (Å²) < 4.78 is 10.4. The van der Waals surface area contributed by atoms with E-state index in [-0.39, 0.29) is 12.7 Å². The van der Waals surface area contributed by atoms with E-state index < -0.39 is 5.54 Å². The molecule has 1 aliphatic rings. The first-order valence-corrected chi connectivity index (χ1v) is 4.97. The molecule has 0 aliphatic carbocycles. The summed E-state index contributed by atoms with van der Waals surface area (Å²) in [6, 6.07) is 5.21. The molecule has 0 bridgehead atoms. The fourth-order valence-corrected chi connectivity index (χ4v) is 1.27. The Morgan fingerprint density at radius 3 is 2.75 bits per heavy atom. The lowest BCUT2D eigenvalue weighted by atomic mass is 10.1. The molecular weight excluding hydrogens is 208 g/mol. The first-order valence-electron chi connectivity index (χ1n) is 4.97. The van der Waals surface area contributed by atoms with E-state index in [1.807, 2.05) is 0 Å². The smallest absolute Gasteiger partial charge is 0.243 e. The van der Waals surface area contributed by atoms with Crippen LogP contribution in [0, 0.1) is 0 Å². The number of ether oxygens (including phenoxy) is 2. The van der Waals surface area contributed by atoms with E-state index in [0.29, 0.717) is 17.2 Å². The maximum absolute atomic E-state index is 11.6. The molecule has 0 fully saturated rings. The largest absolute Gasteiger partial charge is 0.454 e. The van der Waals surface area contributed by atoms with E-state index in [2.05, 4.69) is 5.32 Å². The Morgan fingerprint density at radius 2 is 2.06 bits per heavy atom. The molecule has 0 saturated heterocycles. The molecule has 0 aromatic heterocycles. The molecule has 5 nitrogen and oxygen atoms in total. The predicted molar refractivity (Wildman–Crippen MR) is 59.5 cm³/mol. The minimum Gasteiger partial charge on any atom is -0.454 e. The van der Waals surface area contributed by atoms with Crippen molar-refractivity contribution in [3.8, 4) is 11.5 Å². The molecule has 0 radical (unpaired) electrons. The maximum Gasteiger partial charge on any atom is 0.243 e. The van der Waals surface area contributed by atoms with Gasteiger partial charge in [0.1, 0.15) is 0 Å². The molecule has 1 aliphatic heterocycles. The number of nitrogens with one attached hydrogen (secondary N) is 1. The normalized spacial score (nSPS) is 13.7. The number of benzene rings is 1. The van der Waals surface area contributed by atoms with Crippen molar-refractivity contribution in [2.75, 3.05) is 12.1 Å². The monoisotopic (exact) mass is 222 g/mol. The number of fused-ring (bicyclic) bond motifs is 1. The summed E-state index contributed by atoms with van der Waals surface area (Å²) in [5.74, 6) is 1.07. The van der Waals surface area contributed by atoms with Crippen molar-refractivity contribution < 1.29 is 14.3 Å². The van der Waals surface area contributed by atoms with Crippen LogP contribution in [0.15, 0.2) is 18.2 Å². The van der Waals surface area contributed by atoms with Crippen LogP contribution in [0.1, 0.15) is 13.8 Å². The lowest BCUT2D eigenvalue weighted by Gasteiger charge is -2.17. The van der Waals surface area contributed by atoms with Crippen LogP contribution in [0.3, 0.4) is 0 Å². The van der Waals surface area contributed by atoms with Gasteiger partial charge in [-0.25, -0.2) is 0 Å². The predicted octanol–water partition coefficient (Wildman–Crippen LogP) is 1.09. The molecular formula is C11H14N2O3. The number of carbonyl (C=O) groups is 1. The molecule has 1 amide bonds. The van der Waals surface area contributed by atoms with Gasteiger partial charge in [0, 0.05) is 11.8 Å². The highest BCUT2D eigenvalue weighted by Crippen LogP contribution is 2.34. The van der Waals surface area contributed by atoms with Gasteiger partial charge in [0.25, 0.3) is 0 Å².